The minimum absolute atomic E-state index is 0.0257. The van der Waals surface area contributed by atoms with Gasteiger partial charge in [-0.1, -0.05) is 54.6 Å². The molecule has 0 fully saturated rings. The summed E-state index contributed by atoms with van der Waals surface area (Å²) in [7, 11) is -5.40. The number of anilines is 1. The second-order valence-electron chi connectivity index (χ2n) is 8.46. The molecule has 3 rings (SSSR count). The van der Waals surface area contributed by atoms with Gasteiger partial charge in [0, 0.05) is 12.1 Å². The summed E-state index contributed by atoms with van der Waals surface area (Å²) < 4.78 is 61.1. The lowest BCUT2D eigenvalue weighted by Crippen LogP contribution is -2.52. The summed E-state index contributed by atoms with van der Waals surface area (Å²) in [5.74, 6) is -1.48. The SMILES string of the molecule is C[C@](N)(COP(=O)([O-])[O-])C(=O)Nc1ccc(OCCc2ccc(-c3ccccc3)cc2)c(C(F)(F)F)c1. The van der Waals surface area contributed by atoms with Crippen molar-refractivity contribution in [1.82, 2.24) is 0 Å². The van der Waals surface area contributed by atoms with Crippen molar-refractivity contribution in [2.45, 2.75) is 25.1 Å². The molecule has 0 radical (unpaired) electrons. The van der Waals surface area contributed by atoms with Crippen LogP contribution in [0.3, 0.4) is 0 Å². The second kappa shape index (κ2) is 11.5. The molecule has 0 heterocycles. The van der Waals surface area contributed by atoms with Crippen LogP contribution in [0.15, 0.2) is 72.8 Å². The first-order valence-electron chi connectivity index (χ1n) is 11.0. The van der Waals surface area contributed by atoms with Crippen molar-refractivity contribution in [3.05, 3.63) is 83.9 Å². The second-order valence-corrected chi connectivity index (χ2v) is 9.61. The zero-order valence-electron chi connectivity index (χ0n) is 19.7. The smallest absolute Gasteiger partial charge is 0.420 e. The van der Waals surface area contributed by atoms with Gasteiger partial charge in [0.1, 0.15) is 11.3 Å². The van der Waals surface area contributed by atoms with E-state index in [1.165, 1.54) is 6.07 Å². The van der Waals surface area contributed by atoms with Crippen LogP contribution in [0.25, 0.3) is 11.1 Å². The maximum atomic E-state index is 13.7. The Bertz CT molecular complexity index is 1260. The quantitative estimate of drug-likeness (QED) is 0.379. The van der Waals surface area contributed by atoms with Gasteiger partial charge in [-0.2, -0.15) is 13.2 Å². The zero-order valence-corrected chi connectivity index (χ0v) is 20.6. The molecule has 0 spiro atoms. The van der Waals surface area contributed by atoms with Crippen molar-refractivity contribution >= 4 is 19.4 Å². The largest absolute Gasteiger partial charge is 0.790 e. The average molecular weight is 536 g/mol. The number of rotatable bonds is 10. The first-order valence-corrected chi connectivity index (χ1v) is 12.5. The number of amides is 1. The summed E-state index contributed by atoms with van der Waals surface area (Å²) in [6, 6.07) is 20.2. The Kier molecular flexibility index (Phi) is 8.78. The highest BCUT2D eigenvalue weighted by molar-refractivity contribution is 7.43. The molecular weight excluding hydrogens is 512 g/mol. The number of halogens is 3. The standard InChI is InChI=1S/C25H26F3N2O6P/c1-24(29,16-36-37(32,33)34)23(31)30-20-11-12-22(21(15-20)25(26,27)28)35-14-13-17-7-9-19(10-8-17)18-5-3-2-4-6-18/h2-12,15H,13-14,16,29H2,1H3,(H,30,31)(H2,32,33,34)/p-2/t24-/m0/s1. The molecule has 0 aromatic heterocycles. The van der Waals surface area contributed by atoms with E-state index in [9.17, 15) is 32.3 Å². The van der Waals surface area contributed by atoms with Gasteiger partial charge < -0.3 is 34.7 Å². The summed E-state index contributed by atoms with van der Waals surface area (Å²) in [6.45, 7) is 0.0530. The van der Waals surface area contributed by atoms with Gasteiger partial charge in [-0.05, 0) is 41.8 Å². The number of benzene rings is 3. The van der Waals surface area contributed by atoms with Crippen molar-refractivity contribution in [2.75, 3.05) is 18.5 Å². The Morgan fingerprint density at radius 2 is 1.62 bits per heavy atom. The van der Waals surface area contributed by atoms with Gasteiger partial charge in [0.05, 0.1) is 26.6 Å². The van der Waals surface area contributed by atoms with E-state index >= 15 is 0 Å². The van der Waals surface area contributed by atoms with Gasteiger partial charge in [-0.15, -0.1) is 0 Å². The van der Waals surface area contributed by atoms with E-state index < -0.39 is 43.4 Å². The van der Waals surface area contributed by atoms with Gasteiger partial charge in [-0.3, -0.25) is 4.79 Å². The third-order valence-corrected chi connectivity index (χ3v) is 5.74. The number of carbonyl (C=O) groups excluding carboxylic acids is 1. The number of nitrogens with one attached hydrogen (secondary N) is 1. The summed E-state index contributed by atoms with van der Waals surface area (Å²) in [5.41, 5.74) is 5.20. The maximum absolute atomic E-state index is 13.7. The monoisotopic (exact) mass is 536 g/mol. The number of hydrogen-bond donors (Lipinski definition) is 2. The lowest BCUT2D eigenvalue weighted by atomic mass is 10.0. The van der Waals surface area contributed by atoms with Crippen LogP contribution in [0.1, 0.15) is 18.1 Å². The van der Waals surface area contributed by atoms with Crippen LogP contribution >= 0.6 is 7.82 Å². The predicted octanol–water partition coefficient (Wildman–Crippen LogP) is 3.50. The Balaban J connectivity index is 1.65. The van der Waals surface area contributed by atoms with Gasteiger partial charge in [0.2, 0.25) is 5.91 Å². The molecule has 3 aromatic carbocycles. The number of nitrogens with two attached hydrogens (primary N) is 1. The minimum Gasteiger partial charge on any atom is -0.790 e. The molecule has 1 atom stereocenters. The molecule has 1 amide bonds. The molecule has 3 N–H and O–H groups in total. The van der Waals surface area contributed by atoms with Crippen LogP contribution in [-0.4, -0.2) is 24.7 Å². The highest BCUT2D eigenvalue weighted by Gasteiger charge is 2.35. The molecule has 0 aliphatic carbocycles. The van der Waals surface area contributed by atoms with Crippen LogP contribution in [-0.2, 0) is 26.5 Å². The Morgan fingerprint density at radius 1 is 1.00 bits per heavy atom. The van der Waals surface area contributed by atoms with Crippen LogP contribution < -0.4 is 25.6 Å². The van der Waals surface area contributed by atoms with Crippen molar-refractivity contribution in [3.63, 3.8) is 0 Å². The van der Waals surface area contributed by atoms with Crippen LogP contribution in [0.4, 0.5) is 18.9 Å². The van der Waals surface area contributed by atoms with E-state index in [2.05, 4.69) is 9.84 Å². The van der Waals surface area contributed by atoms with Crippen LogP contribution in [0.5, 0.6) is 5.75 Å². The number of carbonyl (C=O) groups is 1. The van der Waals surface area contributed by atoms with Gasteiger partial charge in [0.15, 0.2) is 0 Å². The number of ether oxygens (including phenoxy) is 1. The number of phosphoric ester groups is 1. The lowest BCUT2D eigenvalue weighted by Gasteiger charge is -2.33. The number of phosphoric acid groups is 1. The fraction of sp³-hybridized carbons (Fsp3) is 0.240. The molecule has 0 bridgehead atoms. The molecule has 0 saturated heterocycles. The van der Waals surface area contributed by atoms with Crippen LogP contribution in [0, 0.1) is 0 Å². The minimum atomic E-state index is -5.40. The first-order chi connectivity index (χ1) is 17.2. The predicted molar refractivity (Wildman–Crippen MR) is 127 cm³/mol. The summed E-state index contributed by atoms with van der Waals surface area (Å²) in [6.07, 6.45) is -4.43. The van der Waals surface area contributed by atoms with Crippen molar-refractivity contribution < 1.29 is 41.6 Å². The van der Waals surface area contributed by atoms with E-state index in [4.69, 9.17) is 10.5 Å². The maximum Gasteiger partial charge on any atom is 0.420 e. The van der Waals surface area contributed by atoms with Crippen LogP contribution in [0.2, 0.25) is 0 Å². The zero-order chi connectivity index (χ0) is 27.3. The van der Waals surface area contributed by atoms with E-state index in [1.54, 1.807) is 0 Å². The van der Waals surface area contributed by atoms with E-state index in [0.717, 1.165) is 29.7 Å². The molecule has 0 unspecified atom stereocenters. The average Bonchev–Trinajstić information content (AvgIpc) is 2.83. The summed E-state index contributed by atoms with van der Waals surface area (Å²) in [4.78, 5) is 33.6. The lowest BCUT2D eigenvalue weighted by molar-refractivity contribution is -0.342. The third-order valence-electron chi connectivity index (χ3n) is 5.29. The Hall–Kier alpha value is -3.21. The molecular formula is C25H24F3N2O6P-2. The fourth-order valence-electron chi connectivity index (χ4n) is 3.28. The fourth-order valence-corrected chi connectivity index (χ4v) is 3.71. The molecule has 0 aliphatic heterocycles. The summed E-state index contributed by atoms with van der Waals surface area (Å²) >= 11 is 0. The molecule has 37 heavy (non-hydrogen) atoms. The first kappa shape index (κ1) is 28.4. The summed E-state index contributed by atoms with van der Waals surface area (Å²) in [5, 5.41) is 2.17. The highest BCUT2D eigenvalue weighted by Crippen LogP contribution is 2.38. The van der Waals surface area contributed by atoms with E-state index in [0.29, 0.717) is 12.5 Å². The van der Waals surface area contributed by atoms with Crippen molar-refractivity contribution in [3.8, 4) is 16.9 Å². The number of alkyl halides is 3. The molecule has 12 heteroatoms. The molecule has 0 saturated carbocycles. The molecule has 8 nitrogen and oxygen atoms in total. The Labute approximate surface area is 211 Å². The third kappa shape index (κ3) is 8.41. The van der Waals surface area contributed by atoms with Gasteiger partial charge in [0.25, 0.3) is 0 Å². The van der Waals surface area contributed by atoms with Gasteiger partial charge >= 0.3 is 6.18 Å². The van der Waals surface area contributed by atoms with Crippen molar-refractivity contribution in [1.29, 1.82) is 0 Å². The normalized spacial score (nSPS) is 13.6. The van der Waals surface area contributed by atoms with E-state index in [1.807, 2.05) is 54.6 Å². The molecule has 3 aromatic rings. The topological polar surface area (TPSA) is 137 Å². The highest BCUT2D eigenvalue weighted by atomic mass is 31.2. The van der Waals surface area contributed by atoms with Gasteiger partial charge in [-0.25, -0.2) is 0 Å². The molecule has 0 aliphatic rings. The van der Waals surface area contributed by atoms with Crippen molar-refractivity contribution in [2.24, 2.45) is 5.73 Å². The Morgan fingerprint density at radius 3 is 2.22 bits per heavy atom. The molecule has 198 valence electrons. The number of hydrogen-bond acceptors (Lipinski definition) is 7. The van der Waals surface area contributed by atoms with E-state index in [-0.39, 0.29) is 12.3 Å².